The van der Waals surface area contributed by atoms with Crippen LogP contribution in [0.1, 0.15) is 24.1 Å². The molecule has 1 saturated heterocycles. The van der Waals surface area contributed by atoms with Gasteiger partial charge in [0.2, 0.25) is 0 Å². The van der Waals surface area contributed by atoms with Crippen molar-refractivity contribution in [2.75, 3.05) is 13.1 Å². The van der Waals surface area contributed by atoms with Crippen molar-refractivity contribution >= 4 is 6.09 Å². The summed E-state index contributed by atoms with van der Waals surface area (Å²) in [5.74, 6) is -0.482. The number of piperidine rings is 1. The fraction of sp³-hybridized carbons (Fsp3) is 0.316. The summed E-state index contributed by atoms with van der Waals surface area (Å²) in [6.45, 7) is 0.864. The number of nitrogens with zero attached hydrogens (tertiary/aromatic N) is 3. The molecule has 1 fully saturated rings. The molecule has 5 nitrogen and oxygen atoms in total. The van der Waals surface area contributed by atoms with Crippen LogP contribution >= 0.6 is 0 Å². The highest BCUT2D eigenvalue weighted by Crippen LogP contribution is 2.35. The number of amides is 1. The molecule has 0 unspecified atom stereocenters. The third-order valence-corrected chi connectivity index (χ3v) is 4.51. The Morgan fingerprint density at radius 2 is 1.96 bits per heavy atom. The molecule has 0 saturated carbocycles. The number of rotatable bonds is 3. The van der Waals surface area contributed by atoms with Gasteiger partial charge in [0.25, 0.3) is 0 Å². The summed E-state index contributed by atoms with van der Waals surface area (Å²) in [4.78, 5) is 17.8. The van der Waals surface area contributed by atoms with E-state index in [2.05, 4.69) is 11.1 Å². The van der Waals surface area contributed by atoms with E-state index in [4.69, 9.17) is 4.74 Å². The van der Waals surface area contributed by atoms with Gasteiger partial charge in [0.05, 0.1) is 11.8 Å². The van der Waals surface area contributed by atoms with Crippen molar-refractivity contribution in [3.05, 3.63) is 65.7 Å². The summed E-state index contributed by atoms with van der Waals surface area (Å²) in [7, 11) is 0. The van der Waals surface area contributed by atoms with E-state index in [-0.39, 0.29) is 12.3 Å². The van der Waals surface area contributed by atoms with Gasteiger partial charge in [0.1, 0.15) is 17.8 Å². The van der Waals surface area contributed by atoms with E-state index in [1.807, 2.05) is 30.3 Å². The Morgan fingerprint density at radius 3 is 2.60 bits per heavy atom. The number of aromatic nitrogens is 1. The molecular formula is C19H18FN3O2. The molecule has 0 spiro atoms. The summed E-state index contributed by atoms with van der Waals surface area (Å²) < 4.78 is 19.4. The highest BCUT2D eigenvalue weighted by atomic mass is 19.1. The highest BCUT2D eigenvalue weighted by Gasteiger charge is 2.41. The topological polar surface area (TPSA) is 66.2 Å². The van der Waals surface area contributed by atoms with Gasteiger partial charge in [-0.15, -0.1) is 0 Å². The third-order valence-electron chi connectivity index (χ3n) is 4.51. The van der Waals surface area contributed by atoms with Gasteiger partial charge in [-0.1, -0.05) is 30.3 Å². The first-order valence-electron chi connectivity index (χ1n) is 8.12. The summed E-state index contributed by atoms with van der Waals surface area (Å²) in [6.07, 6.45) is 1.73. The predicted octanol–water partition coefficient (Wildman–Crippen LogP) is 3.41. The average Bonchev–Trinajstić information content (AvgIpc) is 2.67. The first-order valence-corrected chi connectivity index (χ1v) is 8.12. The van der Waals surface area contributed by atoms with Crippen LogP contribution in [0.2, 0.25) is 0 Å². The fourth-order valence-electron chi connectivity index (χ4n) is 3.02. The molecule has 25 heavy (non-hydrogen) atoms. The summed E-state index contributed by atoms with van der Waals surface area (Å²) >= 11 is 0. The Labute approximate surface area is 145 Å². The second-order valence-electron chi connectivity index (χ2n) is 6.05. The minimum atomic E-state index is -0.998. The lowest BCUT2D eigenvalue weighted by molar-refractivity contribution is 0.0819. The lowest BCUT2D eigenvalue weighted by Crippen LogP contribution is -2.45. The van der Waals surface area contributed by atoms with Crippen LogP contribution < -0.4 is 0 Å². The number of carbonyl (C=O) groups is 1. The first kappa shape index (κ1) is 16.9. The number of hydrogen-bond donors (Lipinski definition) is 0. The van der Waals surface area contributed by atoms with Crippen molar-refractivity contribution in [2.24, 2.45) is 0 Å². The van der Waals surface area contributed by atoms with Gasteiger partial charge in [-0.05, 0) is 30.5 Å². The Balaban J connectivity index is 1.62. The zero-order valence-corrected chi connectivity index (χ0v) is 13.7. The summed E-state index contributed by atoms with van der Waals surface area (Å²) in [5.41, 5.74) is 0.0752. The monoisotopic (exact) mass is 339 g/mol. The second kappa shape index (κ2) is 7.31. The van der Waals surface area contributed by atoms with Crippen LogP contribution in [0.25, 0.3) is 0 Å². The molecule has 1 aliphatic heterocycles. The van der Waals surface area contributed by atoms with E-state index in [1.54, 1.807) is 4.90 Å². The molecule has 0 radical (unpaired) electrons. The van der Waals surface area contributed by atoms with E-state index in [1.165, 1.54) is 18.3 Å². The van der Waals surface area contributed by atoms with Gasteiger partial charge >= 0.3 is 6.09 Å². The standard InChI is InChI=1S/C19H18FN3O2/c20-16-7-4-10-22-17(16)19(14-21)8-11-23(12-9-19)18(24)25-13-15-5-2-1-3-6-15/h1-7,10H,8-9,11-13H2. The number of carbonyl (C=O) groups excluding carboxylic acids is 1. The number of likely N-dealkylation sites (tertiary alicyclic amines) is 1. The first-order chi connectivity index (χ1) is 12.1. The Kier molecular flexibility index (Phi) is 4.94. The molecule has 0 bridgehead atoms. The molecule has 3 rings (SSSR count). The normalized spacial score (nSPS) is 16.1. The molecule has 0 N–H and O–H groups in total. The van der Waals surface area contributed by atoms with Crippen molar-refractivity contribution in [3.8, 4) is 6.07 Å². The van der Waals surface area contributed by atoms with Crippen LogP contribution in [0.15, 0.2) is 48.7 Å². The smallest absolute Gasteiger partial charge is 0.410 e. The average molecular weight is 339 g/mol. The van der Waals surface area contributed by atoms with Gasteiger partial charge < -0.3 is 9.64 Å². The van der Waals surface area contributed by atoms with Crippen molar-refractivity contribution < 1.29 is 13.9 Å². The molecule has 0 atom stereocenters. The Bertz CT molecular complexity index is 781. The molecule has 1 aliphatic rings. The maximum absolute atomic E-state index is 14.1. The SMILES string of the molecule is N#CC1(c2ncccc2F)CCN(C(=O)OCc2ccccc2)CC1. The van der Waals surface area contributed by atoms with Crippen LogP contribution in [0, 0.1) is 17.1 Å². The van der Waals surface area contributed by atoms with E-state index in [0.29, 0.717) is 25.9 Å². The number of halogens is 1. The zero-order valence-electron chi connectivity index (χ0n) is 13.7. The molecule has 2 heterocycles. The second-order valence-corrected chi connectivity index (χ2v) is 6.05. The number of hydrogen-bond acceptors (Lipinski definition) is 4. The highest BCUT2D eigenvalue weighted by molar-refractivity contribution is 5.68. The number of benzene rings is 1. The minimum Gasteiger partial charge on any atom is -0.445 e. The predicted molar refractivity (Wildman–Crippen MR) is 88.9 cm³/mol. The molecular weight excluding hydrogens is 321 g/mol. The van der Waals surface area contributed by atoms with Crippen LogP contribution in [0.5, 0.6) is 0 Å². The van der Waals surface area contributed by atoms with Gasteiger partial charge in [0.15, 0.2) is 0 Å². The molecule has 1 amide bonds. The number of nitriles is 1. The Morgan fingerprint density at radius 1 is 1.24 bits per heavy atom. The maximum atomic E-state index is 14.1. The molecule has 2 aromatic rings. The summed E-state index contributed by atoms with van der Waals surface area (Å²) in [5, 5.41) is 9.60. The molecule has 6 heteroatoms. The third kappa shape index (κ3) is 3.61. The van der Waals surface area contributed by atoms with Crippen molar-refractivity contribution in [1.82, 2.24) is 9.88 Å². The van der Waals surface area contributed by atoms with Crippen LogP contribution in [0.3, 0.4) is 0 Å². The number of pyridine rings is 1. The maximum Gasteiger partial charge on any atom is 0.410 e. The van der Waals surface area contributed by atoms with E-state index in [0.717, 1.165) is 5.56 Å². The van der Waals surface area contributed by atoms with Gasteiger partial charge in [-0.3, -0.25) is 4.98 Å². The molecule has 0 aliphatic carbocycles. The molecule has 1 aromatic heterocycles. The largest absolute Gasteiger partial charge is 0.445 e. The van der Waals surface area contributed by atoms with Crippen molar-refractivity contribution in [3.63, 3.8) is 0 Å². The fourth-order valence-corrected chi connectivity index (χ4v) is 3.02. The summed E-state index contributed by atoms with van der Waals surface area (Å²) in [6, 6.07) is 14.4. The van der Waals surface area contributed by atoms with Gasteiger partial charge in [-0.25, -0.2) is 9.18 Å². The van der Waals surface area contributed by atoms with Crippen LogP contribution in [0.4, 0.5) is 9.18 Å². The van der Waals surface area contributed by atoms with Crippen LogP contribution in [-0.2, 0) is 16.8 Å². The van der Waals surface area contributed by atoms with E-state index in [9.17, 15) is 14.4 Å². The lowest BCUT2D eigenvalue weighted by Gasteiger charge is -2.36. The molecule has 128 valence electrons. The van der Waals surface area contributed by atoms with Gasteiger partial charge in [-0.2, -0.15) is 5.26 Å². The van der Waals surface area contributed by atoms with E-state index >= 15 is 0 Å². The molecule has 1 aromatic carbocycles. The van der Waals surface area contributed by atoms with Crippen molar-refractivity contribution in [2.45, 2.75) is 24.9 Å². The lowest BCUT2D eigenvalue weighted by atomic mass is 9.76. The number of ether oxygens (including phenoxy) is 1. The zero-order chi connectivity index (χ0) is 17.7. The van der Waals surface area contributed by atoms with Crippen LogP contribution in [-0.4, -0.2) is 29.1 Å². The van der Waals surface area contributed by atoms with Crippen molar-refractivity contribution in [1.29, 1.82) is 5.26 Å². The Hall–Kier alpha value is -2.94. The van der Waals surface area contributed by atoms with Gasteiger partial charge in [0, 0.05) is 19.3 Å². The minimum absolute atomic E-state index is 0.162. The quantitative estimate of drug-likeness (QED) is 0.859. The van der Waals surface area contributed by atoms with E-state index < -0.39 is 17.3 Å².